The van der Waals surface area contributed by atoms with Crippen molar-refractivity contribution in [3.05, 3.63) is 101 Å². The maximum Gasteiger partial charge on any atom is 0.242 e. The van der Waals surface area contributed by atoms with Gasteiger partial charge in [-0.2, -0.15) is 4.31 Å². The van der Waals surface area contributed by atoms with Gasteiger partial charge in [0.15, 0.2) is 0 Å². The van der Waals surface area contributed by atoms with Crippen LogP contribution in [0, 0.1) is 0 Å². The molecule has 8 nitrogen and oxygen atoms in total. The van der Waals surface area contributed by atoms with Gasteiger partial charge in [-0.1, -0.05) is 60.1 Å². The van der Waals surface area contributed by atoms with Gasteiger partial charge in [-0.05, 0) is 41.8 Å². The van der Waals surface area contributed by atoms with E-state index in [-0.39, 0.29) is 25.5 Å². The highest BCUT2D eigenvalue weighted by atomic mass is 35.5. The SMILES string of the molecule is C[C@H](C(=O)NCc1cccnc1)N(Cc1ccc(Cl)cc1)C(=O)CN(Cc1ccccc1)S(C)(=O)=O. The number of hydrogen-bond donors (Lipinski definition) is 1. The monoisotopic (exact) mass is 528 g/mol. The van der Waals surface area contributed by atoms with E-state index in [1.807, 2.05) is 12.1 Å². The molecule has 0 aliphatic heterocycles. The molecule has 0 saturated carbocycles. The molecule has 2 amide bonds. The van der Waals surface area contributed by atoms with Gasteiger partial charge in [0.05, 0.1) is 12.8 Å². The van der Waals surface area contributed by atoms with Gasteiger partial charge in [0.1, 0.15) is 6.04 Å². The second-order valence-corrected chi connectivity index (χ2v) is 10.8. The zero-order valence-corrected chi connectivity index (χ0v) is 21.7. The third-order valence-corrected chi connectivity index (χ3v) is 7.05. The smallest absolute Gasteiger partial charge is 0.242 e. The number of benzene rings is 2. The summed E-state index contributed by atoms with van der Waals surface area (Å²) in [4.78, 5) is 31.9. The van der Waals surface area contributed by atoms with Gasteiger partial charge in [-0.3, -0.25) is 14.6 Å². The summed E-state index contributed by atoms with van der Waals surface area (Å²) >= 11 is 6.00. The molecule has 0 saturated heterocycles. The van der Waals surface area contributed by atoms with Crippen molar-refractivity contribution in [3.63, 3.8) is 0 Å². The molecule has 0 bridgehead atoms. The molecule has 3 rings (SSSR count). The van der Waals surface area contributed by atoms with Crippen LogP contribution in [0.3, 0.4) is 0 Å². The summed E-state index contributed by atoms with van der Waals surface area (Å²) in [6.07, 6.45) is 4.36. The van der Waals surface area contributed by atoms with E-state index in [4.69, 9.17) is 11.6 Å². The standard InChI is InChI=1S/C26H29ClN4O4S/c1-20(26(33)29-16-23-9-6-14-28-15-23)31(18-22-10-12-24(27)13-11-22)25(32)19-30(36(2,34)35)17-21-7-4-3-5-8-21/h3-15,20H,16-19H2,1-2H3,(H,29,33)/t20-/m1/s1. The first kappa shape index (κ1) is 27.3. The molecule has 190 valence electrons. The van der Waals surface area contributed by atoms with Gasteiger partial charge in [-0.15, -0.1) is 0 Å². The number of sulfonamides is 1. The Kier molecular flexibility index (Phi) is 9.58. The normalized spacial score (nSPS) is 12.2. The average Bonchev–Trinajstić information content (AvgIpc) is 2.86. The number of amides is 2. The first-order valence-electron chi connectivity index (χ1n) is 11.3. The van der Waals surface area contributed by atoms with Crippen molar-refractivity contribution in [2.45, 2.75) is 32.6 Å². The highest BCUT2D eigenvalue weighted by Crippen LogP contribution is 2.16. The summed E-state index contributed by atoms with van der Waals surface area (Å²) in [6, 6.07) is 18.7. The predicted octanol–water partition coefficient (Wildman–Crippen LogP) is 3.23. The fourth-order valence-corrected chi connectivity index (χ4v) is 4.38. The van der Waals surface area contributed by atoms with E-state index in [0.29, 0.717) is 5.02 Å². The largest absolute Gasteiger partial charge is 0.350 e. The fourth-order valence-electron chi connectivity index (χ4n) is 3.53. The van der Waals surface area contributed by atoms with E-state index < -0.39 is 28.5 Å². The van der Waals surface area contributed by atoms with Crippen molar-refractivity contribution < 1.29 is 18.0 Å². The molecule has 0 fully saturated rings. The molecule has 36 heavy (non-hydrogen) atoms. The van der Waals surface area contributed by atoms with E-state index in [1.165, 1.54) is 4.90 Å². The molecule has 0 aliphatic carbocycles. The van der Waals surface area contributed by atoms with Crippen molar-refractivity contribution in [3.8, 4) is 0 Å². The Morgan fingerprint density at radius 2 is 1.58 bits per heavy atom. The molecule has 0 aliphatic rings. The van der Waals surface area contributed by atoms with Gasteiger partial charge in [0.2, 0.25) is 21.8 Å². The lowest BCUT2D eigenvalue weighted by molar-refractivity contribution is -0.140. The Bertz CT molecular complexity index is 1260. The molecule has 1 atom stereocenters. The summed E-state index contributed by atoms with van der Waals surface area (Å²) in [5, 5.41) is 3.37. The lowest BCUT2D eigenvalue weighted by Crippen LogP contribution is -2.50. The summed E-state index contributed by atoms with van der Waals surface area (Å²) in [6.45, 7) is 1.63. The number of pyridine rings is 1. The van der Waals surface area contributed by atoms with E-state index in [2.05, 4.69) is 10.3 Å². The van der Waals surface area contributed by atoms with Gasteiger partial charge >= 0.3 is 0 Å². The third-order valence-electron chi connectivity index (χ3n) is 5.61. The van der Waals surface area contributed by atoms with Crippen LogP contribution in [0.15, 0.2) is 79.1 Å². The van der Waals surface area contributed by atoms with Crippen LogP contribution in [0.5, 0.6) is 0 Å². The van der Waals surface area contributed by atoms with Crippen LogP contribution in [0.2, 0.25) is 5.02 Å². The minimum Gasteiger partial charge on any atom is -0.350 e. The lowest BCUT2D eigenvalue weighted by atomic mass is 10.1. The zero-order chi connectivity index (χ0) is 26.1. The van der Waals surface area contributed by atoms with Gasteiger partial charge in [0.25, 0.3) is 0 Å². The van der Waals surface area contributed by atoms with Crippen LogP contribution < -0.4 is 5.32 Å². The predicted molar refractivity (Wildman–Crippen MR) is 139 cm³/mol. The summed E-state index contributed by atoms with van der Waals surface area (Å²) in [5.41, 5.74) is 2.33. The van der Waals surface area contributed by atoms with Crippen molar-refractivity contribution >= 4 is 33.4 Å². The molecule has 3 aromatic rings. The second-order valence-electron chi connectivity index (χ2n) is 8.42. The van der Waals surface area contributed by atoms with Crippen LogP contribution in [0.4, 0.5) is 0 Å². The molecular weight excluding hydrogens is 500 g/mol. The Morgan fingerprint density at radius 1 is 0.944 bits per heavy atom. The Labute approximate surface area is 217 Å². The maximum atomic E-state index is 13.5. The summed E-state index contributed by atoms with van der Waals surface area (Å²) in [5.74, 6) is -0.856. The number of aromatic nitrogens is 1. The fraction of sp³-hybridized carbons (Fsp3) is 0.269. The highest BCUT2D eigenvalue weighted by Gasteiger charge is 2.29. The Morgan fingerprint density at radius 3 is 2.19 bits per heavy atom. The lowest BCUT2D eigenvalue weighted by Gasteiger charge is -2.31. The van der Waals surface area contributed by atoms with E-state index in [0.717, 1.165) is 27.3 Å². The van der Waals surface area contributed by atoms with E-state index in [9.17, 15) is 18.0 Å². The van der Waals surface area contributed by atoms with Crippen molar-refractivity contribution in [1.29, 1.82) is 0 Å². The molecular formula is C26H29ClN4O4S. The summed E-state index contributed by atoms with van der Waals surface area (Å²) in [7, 11) is -3.70. The molecule has 1 heterocycles. The number of carbonyl (C=O) groups is 2. The first-order valence-corrected chi connectivity index (χ1v) is 13.6. The topological polar surface area (TPSA) is 99.7 Å². The van der Waals surface area contributed by atoms with Crippen LogP contribution in [-0.4, -0.2) is 53.3 Å². The highest BCUT2D eigenvalue weighted by molar-refractivity contribution is 7.88. The Hall–Kier alpha value is -3.27. The Balaban J connectivity index is 1.80. The molecule has 0 radical (unpaired) electrons. The number of carbonyl (C=O) groups excluding carboxylic acids is 2. The maximum absolute atomic E-state index is 13.5. The molecule has 10 heteroatoms. The zero-order valence-electron chi connectivity index (χ0n) is 20.2. The first-order chi connectivity index (χ1) is 17.1. The number of hydrogen-bond acceptors (Lipinski definition) is 5. The molecule has 0 unspecified atom stereocenters. The number of nitrogens with zero attached hydrogens (tertiary/aromatic N) is 3. The summed E-state index contributed by atoms with van der Waals surface area (Å²) < 4.78 is 26.1. The second kappa shape index (κ2) is 12.6. The van der Waals surface area contributed by atoms with Crippen LogP contribution in [0.1, 0.15) is 23.6 Å². The molecule has 2 aromatic carbocycles. The number of halogens is 1. The van der Waals surface area contributed by atoms with Crippen molar-refractivity contribution in [2.75, 3.05) is 12.8 Å². The van der Waals surface area contributed by atoms with E-state index >= 15 is 0 Å². The van der Waals surface area contributed by atoms with Crippen molar-refractivity contribution in [2.24, 2.45) is 0 Å². The van der Waals surface area contributed by atoms with E-state index in [1.54, 1.807) is 73.9 Å². The van der Waals surface area contributed by atoms with Gasteiger partial charge in [-0.25, -0.2) is 8.42 Å². The van der Waals surface area contributed by atoms with Gasteiger partial charge in [0, 0.05) is 37.1 Å². The molecule has 1 aromatic heterocycles. The minimum absolute atomic E-state index is 0.0434. The third kappa shape index (κ3) is 8.15. The minimum atomic E-state index is -3.70. The quantitative estimate of drug-likeness (QED) is 0.412. The molecule has 1 N–H and O–H groups in total. The molecule has 0 spiro atoms. The van der Waals surface area contributed by atoms with Crippen LogP contribution in [0.25, 0.3) is 0 Å². The van der Waals surface area contributed by atoms with Gasteiger partial charge < -0.3 is 10.2 Å². The van der Waals surface area contributed by atoms with Crippen LogP contribution in [-0.2, 0) is 39.2 Å². The number of rotatable bonds is 11. The number of nitrogens with one attached hydrogen (secondary N) is 1. The van der Waals surface area contributed by atoms with Crippen molar-refractivity contribution in [1.82, 2.24) is 19.5 Å². The van der Waals surface area contributed by atoms with Crippen LogP contribution >= 0.6 is 11.6 Å². The average molecular weight is 529 g/mol.